The van der Waals surface area contributed by atoms with Gasteiger partial charge in [-0.15, -0.1) is 0 Å². The van der Waals surface area contributed by atoms with E-state index in [1.165, 1.54) is 38.5 Å². The average molecular weight is 226 g/mol. The van der Waals surface area contributed by atoms with E-state index in [0.717, 1.165) is 12.8 Å². The molecule has 0 bridgehead atoms. The van der Waals surface area contributed by atoms with E-state index in [2.05, 4.69) is 27.7 Å². The van der Waals surface area contributed by atoms with Crippen molar-refractivity contribution in [2.75, 3.05) is 0 Å². The fourth-order valence-corrected chi connectivity index (χ4v) is 2.75. The van der Waals surface area contributed by atoms with E-state index < -0.39 is 0 Å². The minimum Gasteiger partial charge on any atom is -0.393 e. The molecule has 1 heteroatoms. The van der Waals surface area contributed by atoms with Crippen molar-refractivity contribution in [2.45, 2.75) is 85.2 Å². The van der Waals surface area contributed by atoms with Gasteiger partial charge >= 0.3 is 0 Å². The van der Waals surface area contributed by atoms with E-state index in [0.29, 0.717) is 10.8 Å². The van der Waals surface area contributed by atoms with Crippen LogP contribution in [0.2, 0.25) is 0 Å². The summed E-state index contributed by atoms with van der Waals surface area (Å²) >= 11 is 0. The van der Waals surface area contributed by atoms with Gasteiger partial charge in [0, 0.05) is 0 Å². The van der Waals surface area contributed by atoms with Gasteiger partial charge in [-0.3, -0.25) is 0 Å². The summed E-state index contributed by atoms with van der Waals surface area (Å²) in [7, 11) is 0. The summed E-state index contributed by atoms with van der Waals surface area (Å²) in [6.45, 7) is 9.30. The van der Waals surface area contributed by atoms with Crippen LogP contribution in [-0.2, 0) is 0 Å². The maximum absolute atomic E-state index is 9.55. The van der Waals surface area contributed by atoms with Crippen LogP contribution in [0.25, 0.3) is 0 Å². The summed E-state index contributed by atoms with van der Waals surface area (Å²) in [4.78, 5) is 0. The summed E-state index contributed by atoms with van der Waals surface area (Å²) in [6, 6.07) is 0. The van der Waals surface area contributed by atoms with Gasteiger partial charge in [-0.25, -0.2) is 0 Å². The molecular formula is C15H30O. The predicted molar refractivity (Wildman–Crippen MR) is 70.5 cm³/mol. The van der Waals surface area contributed by atoms with E-state index in [-0.39, 0.29) is 6.10 Å². The lowest BCUT2D eigenvalue weighted by Crippen LogP contribution is -2.29. The SMILES string of the molecule is CCC(O)CCCC1(C)CCC(C)(C)CC1. The van der Waals surface area contributed by atoms with Crippen molar-refractivity contribution in [2.24, 2.45) is 10.8 Å². The Balaban J connectivity index is 2.26. The number of aliphatic hydroxyl groups excluding tert-OH is 1. The zero-order valence-corrected chi connectivity index (χ0v) is 11.7. The Labute approximate surface area is 102 Å². The van der Waals surface area contributed by atoms with Crippen LogP contribution < -0.4 is 0 Å². The van der Waals surface area contributed by atoms with Crippen LogP contribution in [-0.4, -0.2) is 11.2 Å². The van der Waals surface area contributed by atoms with E-state index in [9.17, 15) is 5.11 Å². The summed E-state index contributed by atoms with van der Waals surface area (Å²) in [5, 5.41) is 9.55. The van der Waals surface area contributed by atoms with Crippen molar-refractivity contribution >= 4 is 0 Å². The number of hydrogen-bond donors (Lipinski definition) is 1. The highest BCUT2D eigenvalue weighted by Gasteiger charge is 2.34. The first-order valence-corrected chi connectivity index (χ1v) is 7.05. The molecule has 1 rings (SSSR count). The average Bonchev–Trinajstić information content (AvgIpc) is 2.23. The molecule has 1 fully saturated rings. The Morgan fingerprint density at radius 3 is 2.12 bits per heavy atom. The molecule has 0 aromatic rings. The van der Waals surface area contributed by atoms with Gasteiger partial charge in [-0.1, -0.05) is 34.1 Å². The third kappa shape index (κ3) is 4.45. The number of hydrogen-bond acceptors (Lipinski definition) is 1. The normalized spacial score (nSPS) is 25.3. The predicted octanol–water partition coefficient (Wildman–Crippen LogP) is 4.53. The molecule has 0 aromatic heterocycles. The molecular weight excluding hydrogens is 196 g/mol. The molecule has 0 aliphatic heterocycles. The molecule has 0 aromatic carbocycles. The van der Waals surface area contributed by atoms with Crippen molar-refractivity contribution < 1.29 is 5.11 Å². The van der Waals surface area contributed by atoms with Crippen molar-refractivity contribution in [1.29, 1.82) is 0 Å². The lowest BCUT2D eigenvalue weighted by molar-refractivity contribution is 0.0962. The zero-order chi connectivity index (χ0) is 12.2. The fourth-order valence-electron chi connectivity index (χ4n) is 2.75. The lowest BCUT2D eigenvalue weighted by Gasteiger charge is -2.41. The number of rotatable bonds is 5. The maximum atomic E-state index is 9.55. The molecule has 1 aliphatic carbocycles. The van der Waals surface area contributed by atoms with Crippen LogP contribution in [0, 0.1) is 10.8 Å². The van der Waals surface area contributed by atoms with Gasteiger partial charge in [-0.05, 0) is 55.8 Å². The van der Waals surface area contributed by atoms with Gasteiger partial charge < -0.3 is 5.11 Å². The first-order valence-electron chi connectivity index (χ1n) is 7.05. The molecule has 1 aliphatic rings. The van der Waals surface area contributed by atoms with Gasteiger partial charge in [0.15, 0.2) is 0 Å². The highest BCUT2D eigenvalue weighted by atomic mass is 16.3. The molecule has 1 atom stereocenters. The van der Waals surface area contributed by atoms with Crippen LogP contribution >= 0.6 is 0 Å². The molecule has 0 heterocycles. The quantitative estimate of drug-likeness (QED) is 0.730. The molecule has 0 saturated heterocycles. The van der Waals surface area contributed by atoms with Crippen molar-refractivity contribution in [3.63, 3.8) is 0 Å². The van der Waals surface area contributed by atoms with E-state index in [1.54, 1.807) is 0 Å². The van der Waals surface area contributed by atoms with Crippen LogP contribution in [0.5, 0.6) is 0 Å². The van der Waals surface area contributed by atoms with Gasteiger partial charge in [-0.2, -0.15) is 0 Å². The minimum absolute atomic E-state index is 0.0661. The van der Waals surface area contributed by atoms with Crippen molar-refractivity contribution in [3.05, 3.63) is 0 Å². The molecule has 0 radical (unpaired) electrons. The van der Waals surface area contributed by atoms with Gasteiger partial charge in [0.05, 0.1) is 6.10 Å². The van der Waals surface area contributed by atoms with Crippen LogP contribution in [0.1, 0.15) is 79.1 Å². The molecule has 0 spiro atoms. The smallest absolute Gasteiger partial charge is 0.0537 e. The minimum atomic E-state index is -0.0661. The van der Waals surface area contributed by atoms with E-state index in [1.807, 2.05) is 0 Å². The highest BCUT2D eigenvalue weighted by Crippen LogP contribution is 2.47. The van der Waals surface area contributed by atoms with Crippen LogP contribution in [0.3, 0.4) is 0 Å². The third-order valence-electron chi connectivity index (χ3n) is 4.60. The summed E-state index contributed by atoms with van der Waals surface area (Å²) in [5.74, 6) is 0. The van der Waals surface area contributed by atoms with E-state index in [4.69, 9.17) is 0 Å². The third-order valence-corrected chi connectivity index (χ3v) is 4.60. The highest BCUT2D eigenvalue weighted by molar-refractivity contribution is 4.86. The van der Waals surface area contributed by atoms with Gasteiger partial charge in [0.2, 0.25) is 0 Å². The van der Waals surface area contributed by atoms with Crippen molar-refractivity contribution in [1.82, 2.24) is 0 Å². The Hall–Kier alpha value is -0.0400. The lowest BCUT2D eigenvalue weighted by atomic mass is 9.64. The molecule has 16 heavy (non-hydrogen) atoms. The molecule has 0 amide bonds. The Morgan fingerprint density at radius 1 is 1.06 bits per heavy atom. The first kappa shape index (κ1) is 14.0. The Bertz CT molecular complexity index is 197. The molecule has 1 N–H and O–H groups in total. The standard InChI is InChI=1S/C15H30O/c1-5-13(16)7-6-8-15(4)11-9-14(2,3)10-12-15/h13,16H,5-12H2,1-4H3. The molecule has 1 unspecified atom stereocenters. The number of aliphatic hydroxyl groups is 1. The molecule has 96 valence electrons. The topological polar surface area (TPSA) is 20.2 Å². The fraction of sp³-hybridized carbons (Fsp3) is 1.00. The summed E-state index contributed by atoms with van der Waals surface area (Å²) in [6.07, 6.45) is 9.85. The Morgan fingerprint density at radius 2 is 1.62 bits per heavy atom. The second-order valence-electron chi connectivity index (χ2n) is 6.93. The zero-order valence-electron chi connectivity index (χ0n) is 11.7. The molecule has 1 saturated carbocycles. The largest absolute Gasteiger partial charge is 0.393 e. The first-order chi connectivity index (χ1) is 7.37. The molecule has 1 nitrogen and oxygen atoms in total. The van der Waals surface area contributed by atoms with Crippen molar-refractivity contribution in [3.8, 4) is 0 Å². The summed E-state index contributed by atoms with van der Waals surface area (Å²) in [5.41, 5.74) is 1.13. The van der Waals surface area contributed by atoms with E-state index >= 15 is 0 Å². The van der Waals surface area contributed by atoms with Crippen LogP contribution in [0.15, 0.2) is 0 Å². The second-order valence-corrected chi connectivity index (χ2v) is 6.93. The van der Waals surface area contributed by atoms with Crippen LogP contribution in [0.4, 0.5) is 0 Å². The maximum Gasteiger partial charge on any atom is 0.0537 e. The Kier molecular flexibility index (Phi) is 4.85. The summed E-state index contributed by atoms with van der Waals surface area (Å²) < 4.78 is 0. The van der Waals surface area contributed by atoms with Gasteiger partial charge in [0.1, 0.15) is 0 Å². The monoisotopic (exact) mass is 226 g/mol. The second kappa shape index (κ2) is 5.53. The van der Waals surface area contributed by atoms with Gasteiger partial charge in [0.25, 0.3) is 0 Å².